The molecule has 132 valence electrons. The molecule has 0 heterocycles. The Morgan fingerprint density at radius 1 is 1.04 bits per heavy atom. The van der Waals surface area contributed by atoms with Gasteiger partial charge in [-0.2, -0.15) is 0 Å². The van der Waals surface area contributed by atoms with E-state index in [9.17, 15) is 14.4 Å². The van der Waals surface area contributed by atoms with Gasteiger partial charge in [0.2, 0.25) is 17.7 Å². The molecule has 1 rings (SSSR count). The molecule has 0 saturated heterocycles. The van der Waals surface area contributed by atoms with E-state index in [0.29, 0.717) is 0 Å². The Hall–Kier alpha value is -2.57. The van der Waals surface area contributed by atoms with Crippen LogP contribution >= 0.6 is 0 Å². The summed E-state index contributed by atoms with van der Waals surface area (Å²) in [6.07, 6.45) is 0.0731. The fraction of sp³-hybridized carbons (Fsp3) is 0.471. The number of carbonyl (C=O) groups excluding carboxylic acids is 3. The lowest BCUT2D eigenvalue weighted by Gasteiger charge is -2.17. The summed E-state index contributed by atoms with van der Waals surface area (Å²) >= 11 is 0. The lowest BCUT2D eigenvalue weighted by Crippen LogP contribution is -2.42. The van der Waals surface area contributed by atoms with Gasteiger partial charge in [0.15, 0.2) is 0 Å². The van der Waals surface area contributed by atoms with Gasteiger partial charge >= 0.3 is 0 Å². The molecule has 0 aliphatic heterocycles. The van der Waals surface area contributed by atoms with Crippen LogP contribution in [0.4, 0.5) is 0 Å². The summed E-state index contributed by atoms with van der Waals surface area (Å²) in [7, 11) is 0. The number of hydrogen-bond donors (Lipinski definition) is 3. The average Bonchev–Trinajstić information content (AvgIpc) is 2.50. The van der Waals surface area contributed by atoms with Crippen LogP contribution in [-0.2, 0) is 14.4 Å². The molecule has 0 fully saturated rings. The van der Waals surface area contributed by atoms with E-state index in [1.165, 1.54) is 6.92 Å². The van der Waals surface area contributed by atoms with Crippen molar-refractivity contribution in [2.75, 3.05) is 13.1 Å². The summed E-state index contributed by atoms with van der Waals surface area (Å²) < 4.78 is 5.63. The highest BCUT2D eigenvalue weighted by Gasteiger charge is 2.12. The topological polar surface area (TPSA) is 96.5 Å². The van der Waals surface area contributed by atoms with Gasteiger partial charge in [-0.25, -0.2) is 0 Å². The molecule has 0 aliphatic rings. The van der Waals surface area contributed by atoms with E-state index in [1.54, 1.807) is 0 Å². The van der Waals surface area contributed by atoms with Gasteiger partial charge in [0.1, 0.15) is 5.75 Å². The molecule has 0 aliphatic carbocycles. The van der Waals surface area contributed by atoms with Crippen LogP contribution in [0.2, 0.25) is 0 Å². The number of ether oxygens (including phenoxy) is 1. The maximum Gasteiger partial charge on any atom is 0.239 e. The lowest BCUT2D eigenvalue weighted by molar-refractivity contribution is -0.127. The molecule has 0 spiro atoms. The van der Waals surface area contributed by atoms with Gasteiger partial charge in [-0.05, 0) is 38.5 Å². The Morgan fingerprint density at radius 2 is 1.71 bits per heavy atom. The molecule has 1 unspecified atom stereocenters. The number of rotatable bonds is 8. The first-order valence-electron chi connectivity index (χ1n) is 7.85. The van der Waals surface area contributed by atoms with Crippen molar-refractivity contribution in [3.8, 4) is 5.75 Å². The molecule has 0 aromatic heterocycles. The standard InChI is InChI=1S/C17H25N3O4/c1-11(2)24-15-7-5-6-14(8-15)12(3)20-17(23)10-19-16(22)9-18-13(4)21/h5-8,11-12H,9-10H2,1-4H3,(H,18,21)(H,19,22)(H,20,23). The molecule has 1 aromatic rings. The highest BCUT2D eigenvalue weighted by molar-refractivity contribution is 5.87. The second kappa shape index (κ2) is 9.54. The molecule has 1 aromatic carbocycles. The quantitative estimate of drug-likeness (QED) is 0.658. The summed E-state index contributed by atoms with van der Waals surface area (Å²) in [4.78, 5) is 34.0. The van der Waals surface area contributed by atoms with Crippen LogP contribution in [0.1, 0.15) is 39.3 Å². The Kier molecular flexibility index (Phi) is 7.74. The second-order valence-electron chi connectivity index (χ2n) is 5.71. The van der Waals surface area contributed by atoms with E-state index < -0.39 is 5.91 Å². The molecule has 3 amide bonds. The van der Waals surface area contributed by atoms with Crippen LogP contribution in [0, 0.1) is 0 Å². The van der Waals surface area contributed by atoms with Crippen molar-refractivity contribution in [2.24, 2.45) is 0 Å². The van der Waals surface area contributed by atoms with Crippen molar-refractivity contribution in [3.05, 3.63) is 29.8 Å². The highest BCUT2D eigenvalue weighted by atomic mass is 16.5. The van der Waals surface area contributed by atoms with Crippen molar-refractivity contribution >= 4 is 17.7 Å². The van der Waals surface area contributed by atoms with Gasteiger partial charge in [0, 0.05) is 6.92 Å². The van der Waals surface area contributed by atoms with Gasteiger partial charge in [-0.15, -0.1) is 0 Å². The molecule has 1 atom stereocenters. The third-order valence-corrected chi connectivity index (χ3v) is 3.05. The minimum absolute atomic E-state index is 0.0731. The zero-order valence-electron chi connectivity index (χ0n) is 14.5. The van der Waals surface area contributed by atoms with Gasteiger partial charge in [-0.1, -0.05) is 12.1 Å². The molecular formula is C17H25N3O4. The van der Waals surface area contributed by atoms with Crippen molar-refractivity contribution < 1.29 is 19.1 Å². The van der Waals surface area contributed by atoms with Gasteiger partial charge in [0.05, 0.1) is 25.2 Å². The van der Waals surface area contributed by atoms with Crippen LogP contribution in [0.3, 0.4) is 0 Å². The minimum Gasteiger partial charge on any atom is -0.491 e. The average molecular weight is 335 g/mol. The molecule has 0 radical (unpaired) electrons. The smallest absolute Gasteiger partial charge is 0.239 e. The zero-order valence-corrected chi connectivity index (χ0v) is 14.5. The van der Waals surface area contributed by atoms with Crippen LogP contribution in [0.15, 0.2) is 24.3 Å². The lowest BCUT2D eigenvalue weighted by atomic mass is 10.1. The van der Waals surface area contributed by atoms with Gasteiger partial charge in [0.25, 0.3) is 0 Å². The summed E-state index contributed by atoms with van der Waals surface area (Å²) in [5.74, 6) is -0.284. The first-order chi connectivity index (χ1) is 11.3. The molecule has 24 heavy (non-hydrogen) atoms. The predicted octanol–water partition coefficient (Wildman–Crippen LogP) is 0.903. The van der Waals surface area contributed by atoms with Gasteiger partial charge < -0.3 is 20.7 Å². The van der Waals surface area contributed by atoms with E-state index in [0.717, 1.165) is 11.3 Å². The number of benzene rings is 1. The van der Waals surface area contributed by atoms with Crippen molar-refractivity contribution in [1.82, 2.24) is 16.0 Å². The first kappa shape index (κ1) is 19.5. The van der Waals surface area contributed by atoms with E-state index in [4.69, 9.17) is 4.74 Å². The van der Waals surface area contributed by atoms with Crippen LogP contribution < -0.4 is 20.7 Å². The number of carbonyl (C=O) groups is 3. The Labute approximate surface area is 142 Å². The molecule has 0 bridgehead atoms. The van der Waals surface area contributed by atoms with Crippen LogP contribution in [-0.4, -0.2) is 36.9 Å². The molecule has 0 saturated carbocycles. The molecule has 3 N–H and O–H groups in total. The Balaban J connectivity index is 2.46. The molecular weight excluding hydrogens is 310 g/mol. The highest BCUT2D eigenvalue weighted by Crippen LogP contribution is 2.19. The van der Waals surface area contributed by atoms with E-state index in [2.05, 4.69) is 16.0 Å². The van der Waals surface area contributed by atoms with Crippen molar-refractivity contribution in [3.63, 3.8) is 0 Å². The van der Waals surface area contributed by atoms with E-state index in [-0.39, 0.29) is 37.0 Å². The SMILES string of the molecule is CC(=O)NCC(=O)NCC(=O)NC(C)c1cccc(OC(C)C)c1. The Morgan fingerprint density at radius 3 is 2.33 bits per heavy atom. The summed E-state index contributed by atoms with van der Waals surface area (Å²) in [6.45, 7) is 6.77. The van der Waals surface area contributed by atoms with Crippen LogP contribution in [0.25, 0.3) is 0 Å². The number of nitrogens with one attached hydrogen (secondary N) is 3. The summed E-state index contributed by atoms with van der Waals surface area (Å²) in [6, 6.07) is 7.28. The maximum atomic E-state index is 11.9. The van der Waals surface area contributed by atoms with Crippen molar-refractivity contribution in [1.29, 1.82) is 0 Å². The Bertz CT molecular complexity index is 587. The molecule has 7 nitrogen and oxygen atoms in total. The maximum absolute atomic E-state index is 11.9. The third kappa shape index (κ3) is 7.62. The molecule has 7 heteroatoms. The minimum atomic E-state index is -0.416. The summed E-state index contributed by atoms with van der Waals surface area (Å²) in [5.41, 5.74) is 0.908. The van der Waals surface area contributed by atoms with E-state index in [1.807, 2.05) is 45.0 Å². The zero-order chi connectivity index (χ0) is 18.1. The predicted molar refractivity (Wildman–Crippen MR) is 90.5 cm³/mol. The second-order valence-corrected chi connectivity index (χ2v) is 5.71. The number of amides is 3. The number of hydrogen-bond acceptors (Lipinski definition) is 4. The fourth-order valence-corrected chi connectivity index (χ4v) is 1.95. The van der Waals surface area contributed by atoms with E-state index >= 15 is 0 Å². The first-order valence-corrected chi connectivity index (χ1v) is 7.85. The third-order valence-electron chi connectivity index (χ3n) is 3.05. The largest absolute Gasteiger partial charge is 0.491 e. The van der Waals surface area contributed by atoms with Crippen LogP contribution in [0.5, 0.6) is 5.75 Å². The van der Waals surface area contributed by atoms with Crippen molar-refractivity contribution in [2.45, 2.75) is 39.8 Å². The summed E-state index contributed by atoms with van der Waals surface area (Å²) in [5, 5.41) is 7.60. The monoisotopic (exact) mass is 335 g/mol. The normalized spacial score (nSPS) is 11.5. The fourth-order valence-electron chi connectivity index (χ4n) is 1.95. The van der Waals surface area contributed by atoms with Gasteiger partial charge in [-0.3, -0.25) is 14.4 Å².